The van der Waals surface area contributed by atoms with Gasteiger partial charge in [0.15, 0.2) is 0 Å². The van der Waals surface area contributed by atoms with Gasteiger partial charge >= 0.3 is 6.09 Å². The van der Waals surface area contributed by atoms with Crippen LogP contribution in [0.3, 0.4) is 0 Å². The van der Waals surface area contributed by atoms with E-state index in [0.29, 0.717) is 18.5 Å². The number of alkyl carbamates (subject to hydrolysis) is 1. The van der Waals surface area contributed by atoms with Crippen LogP contribution in [0.4, 0.5) is 4.79 Å². The highest BCUT2D eigenvalue weighted by Gasteiger charge is 2.18. The second-order valence-electron chi connectivity index (χ2n) is 7.56. The smallest absolute Gasteiger partial charge is 0.407 e. The summed E-state index contributed by atoms with van der Waals surface area (Å²) >= 11 is 0. The summed E-state index contributed by atoms with van der Waals surface area (Å²) < 4.78 is 32.7. The molecule has 1 heterocycles. The molecule has 4 aromatic rings. The first kappa shape index (κ1) is 21.6. The number of aromatic nitrogens is 1. The predicted octanol–water partition coefficient (Wildman–Crippen LogP) is 4.66. The number of nitrogens with one attached hydrogen (secondary N) is 1. The summed E-state index contributed by atoms with van der Waals surface area (Å²) in [5, 5.41) is 3.57. The first-order valence-corrected chi connectivity index (χ1v) is 11.7. The van der Waals surface area contributed by atoms with Crippen LogP contribution in [0, 0.1) is 6.92 Å². The van der Waals surface area contributed by atoms with E-state index in [4.69, 9.17) is 4.74 Å². The molecule has 0 saturated heterocycles. The third kappa shape index (κ3) is 4.84. The van der Waals surface area contributed by atoms with Gasteiger partial charge in [-0.25, -0.2) is 17.2 Å². The van der Waals surface area contributed by atoms with Gasteiger partial charge < -0.3 is 10.1 Å². The van der Waals surface area contributed by atoms with Crippen molar-refractivity contribution in [3.05, 3.63) is 102 Å². The summed E-state index contributed by atoms with van der Waals surface area (Å²) in [6, 6.07) is 23.7. The Hall–Kier alpha value is -3.58. The molecule has 6 nitrogen and oxygen atoms in total. The van der Waals surface area contributed by atoms with E-state index in [1.807, 2.05) is 55.5 Å². The molecule has 3 aromatic carbocycles. The second-order valence-corrected chi connectivity index (χ2v) is 9.38. The zero-order valence-corrected chi connectivity index (χ0v) is 18.5. The lowest BCUT2D eigenvalue weighted by atomic mass is 10.1. The Kier molecular flexibility index (Phi) is 6.28. The SMILES string of the molecule is Cc1ccc(S(=O)(=O)n2ccc3ccc(CCNC(=O)OCc4ccccc4)cc32)cc1. The molecule has 0 aliphatic rings. The van der Waals surface area contributed by atoms with Gasteiger partial charge in [-0.1, -0.05) is 60.2 Å². The molecule has 0 aliphatic carbocycles. The van der Waals surface area contributed by atoms with Crippen LogP contribution in [0.15, 0.2) is 90.0 Å². The van der Waals surface area contributed by atoms with Crippen molar-refractivity contribution in [2.24, 2.45) is 0 Å². The van der Waals surface area contributed by atoms with Crippen LogP contribution in [0.25, 0.3) is 10.9 Å². The van der Waals surface area contributed by atoms with Crippen molar-refractivity contribution in [1.82, 2.24) is 9.29 Å². The Balaban J connectivity index is 1.42. The van der Waals surface area contributed by atoms with Crippen LogP contribution in [0.5, 0.6) is 0 Å². The molecule has 0 radical (unpaired) electrons. The van der Waals surface area contributed by atoms with Crippen LogP contribution >= 0.6 is 0 Å². The van der Waals surface area contributed by atoms with Gasteiger partial charge in [-0.15, -0.1) is 0 Å². The maximum Gasteiger partial charge on any atom is 0.407 e. The molecule has 164 valence electrons. The van der Waals surface area contributed by atoms with E-state index >= 15 is 0 Å². The van der Waals surface area contributed by atoms with Crippen molar-refractivity contribution in [1.29, 1.82) is 0 Å². The van der Waals surface area contributed by atoms with E-state index in [1.54, 1.807) is 36.5 Å². The summed E-state index contributed by atoms with van der Waals surface area (Å²) in [7, 11) is -3.70. The van der Waals surface area contributed by atoms with Gasteiger partial charge in [0.1, 0.15) is 6.61 Å². The highest BCUT2D eigenvalue weighted by atomic mass is 32.2. The van der Waals surface area contributed by atoms with Crippen LogP contribution < -0.4 is 5.32 Å². The van der Waals surface area contributed by atoms with Gasteiger partial charge in [0.25, 0.3) is 10.0 Å². The third-order valence-electron chi connectivity index (χ3n) is 5.20. The summed E-state index contributed by atoms with van der Waals surface area (Å²) in [6.45, 7) is 2.51. The normalized spacial score (nSPS) is 11.4. The summed E-state index contributed by atoms with van der Waals surface area (Å²) in [6.07, 6.45) is 1.63. The van der Waals surface area contributed by atoms with Gasteiger partial charge in [0.05, 0.1) is 10.4 Å². The molecule has 32 heavy (non-hydrogen) atoms. The largest absolute Gasteiger partial charge is 0.445 e. The minimum Gasteiger partial charge on any atom is -0.445 e. The van der Waals surface area contributed by atoms with Gasteiger partial charge in [0, 0.05) is 18.1 Å². The van der Waals surface area contributed by atoms with E-state index in [0.717, 1.165) is 22.1 Å². The average Bonchev–Trinajstić information content (AvgIpc) is 3.23. The van der Waals surface area contributed by atoms with Gasteiger partial charge in [-0.3, -0.25) is 0 Å². The lowest BCUT2D eigenvalue weighted by Crippen LogP contribution is -2.26. The Morgan fingerprint density at radius 2 is 1.69 bits per heavy atom. The zero-order chi connectivity index (χ0) is 22.6. The second kappa shape index (κ2) is 9.28. The molecule has 1 aromatic heterocycles. The van der Waals surface area contributed by atoms with E-state index < -0.39 is 16.1 Å². The standard InChI is InChI=1S/C25H24N2O4S/c1-19-7-11-23(12-8-19)32(29,30)27-16-14-22-10-9-20(17-24(22)27)13-15-26-25(28)31-18-21-5-3-2-4-6-21/h2-12,14,16-17H,13,15,18H2,1H3,(H,26,28). The molecule has 0 fully saturated rings. The summed E-state index contributed by atoms with van der Waals surface area (Å²) in [5.41, 5.74) is 3.44. The number of nitrogens with zero attached hydrogens (tertiary/aromatic N) is 1. The molecular weight excluding hydrogens is 424 g/mol. The number of fused-ring (bicyclic) bond motifs is 1. The Morgan fingerprint density at radius 1 is 0.938 bits per heavy atom. The number of ether oxygens (including phenoxy) is 1. The average molecular weight is 449 g/mol. The van der Waals surface area contributed by atoms with Crippen molar-refractivity contribution in [2.75, 3.05) is 6.54 Å². The fourth-order valence-corrected chi connectivity index (χ4v) is 4.77. The molecule has 0 bridgehead atoms. The molecule has 7 heteroatoms. The molecule has 0 atom stereocenters. The predicted molar refractivity (Wildman–Crippen MR) is 124 cm³/mol. The van der Waals surface area contributed by atoms with Crippen molar-refractivity contribution in [2.45, 2.75) is 24.8 Å². The number of carbonyl (C=O) groups is 1. The number of carbonyl (C=O) groups excluding carboxylic acids is 1. The van der Waals surface area contributed by atoms with Gasteiger partial charge in [-0.2, -0.15) is 0 Å². The highest BCUT2D eigenvalue weighted by Crippen LogP contribution is 2.23. The lowest BCUT2D eigenvalue weighted by Gasteiger charge is -2.10. The molecule has 1 amide bonds. The van der Waals surface area contributed by atoms with E-state index in [1.165, 1.54) is 3.97 Å². The molecular formula is C25H24N2O4S. The van der Waals surface area contributed by atoms with E-state index in [9.17, 15) is 13.2 Å². The van der Waals surface area contributed by atoms with Gasteiger partial charge in [-0.05, 0) is 48.7 Å². The Morgan fingerprint density at radius 3 is 2.44 bits per heavy atom. The quantitative estimate of drug-likeness (QED) is 0.446. The molecule has 1 N–H and O–H groups in total. The van der Waals surface area contributed by atoms with Crippen LogP contribution in [0.1, 0.15) is 16.7 Å². The van der Waals surface area contributed by atoms with E-state index in [-0.39, 0.29) is 11.5 Å². The Bertz CT molecular complexity index is 1330. The first-order valence-electron chi connectivity index (χ1n) is 10.3. The number of hydrogen-bond donors (Lipinski definition) is 1. The highest BCUT2D eigenvalue weighted by molar-refractivity contribution is 7.90. The fraction of sp³-hybridized carbons (Fsp3) is 0.160. The monoisotopic (exact) mass is 448 g/mol. The number of amides is 1. The zero-order valence-electron chi connectivity index (χ0n) is 17.7. The third-order valence-corrected chi connectivity index (χ3v) is 6.90. The minimum atomic E-state index is -3.70. The Labute approximate surface area is 187 Å². The molecule has 0 unspecified atom stereocenters. The number of benzene rings is 3. The maximum atomic E-state index is 13.1. The van der Waals surface area contributed by atoms with Crippen molar-refractivity contribution in [3.8, 4) is 0 Å². The number of rotatable bonds is 7. The van der Waals surface area contributed by atoms with Crippen molar-refractivity contribution in [3.63, 3.8) is 0 Å². The lowest BCUT2D eigenvalue weighted by molar-refractivity contribution is 0.140. The summed E-state index contributed by atoms with van der Waals surface area (Å²) in [5.74, 6) is 0. The molecule has 4 rings (SSSR count). The fourth-order valence-electron chi connectivity index (χ4n) is 3.42. The first-order chi connectivity index (χ1) is 15.4. The van der Waals surface area contributed by atoms with Crippen LogP contribution in [-0.4, -0.2) is 25.0 Å². The maximum absolute atomic E-state index is 13.1. The molecule has 0 aliphatic heterocycles. The number of hydrogen-bond acceptors (Lipinski definition) is 4. The topological polar surface area (TPSA) is 77.4 Å². The van der Waals surface area contributed by atoms with Crippen molar-refractivity contribution >= 4 is 27.0 Å². The molecule has 0 saturated carbocycles. The van der Waals surface area contributed by atoms with Gasteiger partial charge in [0.2, 0.25) is 0 Å². The summed E-state index contributed by atoms with van der Waals surface area (Å²) in [4.78, 5) is 12.2. The minimum absolute atomic E-state index is 0.211. The van der Waals surface area contributed by atoms with Crippen LogP contribution in [-0.2, 0) is 27.8 Å². The van der Waals surface area contributed by atoms with Crippen LogP contribution in [0.2, 0.25) is 0 Å². The van der Waals surface area contributed by atoms with E-state index in [2.05, 4.69) is 5.32 Å². The molecule has 0 spiro atoms. The van der Waals surface area contributed by atoms with Crippen molar-refractivity contribution < 1.29 is 17.9 Å². The number of aryl methyl sites for hydroxylation is 1.